The Morgan fingerprint density at radius 2 is 1.69 bits per heavy atom. The summed E-state index contributed by atoms with van der Waals surface area (Å²) in [7, 11) is 2.37. The second kappa shape index (κ2) is 10.4. The molecule has 3 aromatic carbocycles. The zero-order valence-corrected chi connectivity index (χ0v) is 19.6. The van der Waals surface area contributed by atoms with Gasteiger partial charge in [0.25, 0.3) is 0 Å². The molecule has 0 atom stereocenters. The molecule has 0 amide bonds. The highest BCUT2D eigenvalue weighted by Gasteiger charge is 2.31. The average Bonchev–Trinajstić information content (AvgIpc) is 3.28. The van der Waals surface area contributed by atoms with Gasteiger partial charge in [-0.2, -0.15) is 5.10 Å². The Hall–Kier alpha value is -4.17. The van der Waals surface area contributed by atoms with Gasteiger partial charge in [-0.15, -0.1) is 0 Å². The van der Waals surface area contributed by atoms with E-state index >= 15 is 0 Å². The normalized spacial score (nSPS) is 10.6. The minimum Gasteiger partial charge on any atom is -0.486 e. The summed E-state index contributed by atoms with van der Waals surface area (Å²) in [4.78, 5) is 25.4. The fraction of sp³-hybridized carbons (Fsp3) is 0.115. The number of benzene rings is 3. The molecular formula is C26H20ClFN2O5. The van der Waals surface area contributed by atoms with Crippen molar-refractivity contribution in [2.75, 3.05) is 14.2 Å². The number of halogens is 2. The highest BCUT2D eigenvalue weighted by atomic mass is 35.5. The van der Waals surface area contributed by atoms with Gasteiger partial charge < -0.3 is 14.2 Å². The van der Waals surface area contributed by atoms with Crippen molar-refractivity contribution in [3.63, 3.8) is 0 Å². The molecule has 0 bridgehead atoms. The topological polar surface area (TPSA) is 79.7 Å². The van der Waals surface area contributed by atoms with Crippen LogP contribution >= 0.6 is 11.6 Å². The standard InChI is InChI=1S/C26H20ClFN2O5/c1-33-25(31)22-23(29-30(24(22)26(32)34-2)19-9-4-3-5-10-19)17-11-12-21(20(28)14-17)35-15-16-7-6-8-18(27)13-16/h3-14H,15H2,1-2H3. The van der Waals surface area contributed by atoms with Gasteiger partial charge in [0, 0.05) is 10.6 Å². The van der Waals surface area contributed by atoms with E-state index in [1.54, 1.807) is 54.6 Å². The van der Waals surface area contributed by atoms with Gasteiger partial charge in [0.2, 0.25) is 0 Å². The molecule has 0 aliphatic carbocycles. The zero-order valence-electron chi connectivity index (χ0n) is 18.8. The molecule has 1 aromatic heterocycles. The summed E-state index contributed by atoms with van der Waals surface area (Å²) in [5.74, 6) is -2.28. The maximum absolute atomic E-state index is 15.0. The molecule has 178 valence electrons. The molecule has 0 aliphatic rings. The number of rotatable bonds is 7. The van der Waals surface area contributed by atoms with E-state index in [1.807, 2.05) is 6.07 Å². The molecule has 0 fully saturated rings. The first-order valence-electron chi connectivity index (χ1n) is 10.4. The summed E-state index contributed by atoms with van der Waals surface area (Å²) in [6.45, 7) is 0.110. The zero-order chi connectivity index (χ0) is 24.9. The third kappa shape index (κ3) is 5.02. The highest BCUT2D eigenvalue weighted by Crippen LogP contribution is 2.32. The fourth-order valence-corrected chi connectivity index (χ4v) is 3.72. The van der Waals surface area contributed by atoms with Crippen molar-refractivity contribution >= 4 is 23.5 Å². The van der Waals surface area contributed by atoms with Gasteiger partial charge in [-0.25, -0.2) is 18.7 Å². The van der Waals surface area contributed by atoms with Crippen molar-refractivity contribution in [2.45, 2.75) is 6.61 Å². The van der Waals surface area contributed by atoms with Gasteiger partial charge in [0.15, 0.2) is 17.3 Å². The molecule has 0 radical (unpaired) electrons. The van der Waals surface area contributed by atoms with E-state index in [0.717, 1.165) is 5.56 Å². The van der Waals surface area contributed by atoms with Crippen LogP contribution in [0.4, 0.5) is 4.39 Å². The molecule has 1 heterocycles. The van der Waals surface area contributed by atoms with Crippen LogP contribution in [-0.2, 0) is 16.1 Å². The van der Waals surface area contributed by atoms with Crippen LogP contribution in [0.3, 0.4) is 0 Å². The smallest absolute Gasteiger partial charge is 0.357 e. The molecule has 35 heavy (non-hydrogen) atoms. The summed E-state index contributed by atoms with van der Waals surface area (Å²) in [6, 6.07) is 19.9. The number of methoxy groups -OCH3 is 2. The summed E-state index contributed by atoms with van der Waals surface area (Å²) in [6.07, 6.45) is 0. The highest BCUT2D eigenvalue weighted by molar-refractivity contribution is 6.30. The van der Waals surface area contributed by atoms with E-state index in [4.69, 9.17) is 25.8 Å². The van der Waals surface area contributed by atoms with Crippen LogP contribution in [-0.4, -0.2) is 35.9 Å². The van der Waals surface area contributed by atoms with Crippen LogP contribution in [0.15, 0.2) is 72.8 Å². The van der Waals surface area contributed by atoms with Gasteiger partial charge in [0.1, 0.15) is 17.9 Å². The predicted octanol–water partition coefficient (Wildman–Crippen LogP) is 5.48. The predicted molar refractivity (Wildman–Crippen MR) is 127 cm³/mol. The number of ether oxygens (including phenoxy) is 3. The van der Waals surface area contributed by atoms with E-state index in [9.17, 15) is 14.0 Å². The van der Waals surface area contributed by atoms with E-state index in [-0.39, 0.29) is 34.9 Å². The Morgan fingerprint density at radius 1 is 0.943 bits per heavy atom. The summed E-state index contributed by atoms with van der Waals surface area (Å²) in [5, 5.41) is 5.00. The molecule has 0 aliphatic heterocycles. The van der Waals surface area contributed by atoms with Crippen molar-refractivity contribution < 1.29 is 28.2 Å². The third-order valence-electron chi connectivity index (χ3n) is 5.14. The van der Waals surface area contributed by atoms with Gasteiger partial charge in [-0.05, 0) is 48.0 Å². The number of esters is 2. The Morgan fingerprint density at radius 3 is 2.34 bits per heavy atom. The van der Waals surface area contributed by atoms with E-state index in [0.29, 0.717) is 10.7 Å². The van der Waals surface area contributed by atoms with E-state index in [2.05, 4.69) is 5.10 Å². The molecule has 9 heteroatoms. The molecular weight excluding hydrogens is 475 g/mol. The second-order valence-electron chi connectivity index (χ2n) is 7.37. The van der Waals surface area contributed by atoms with Crippen molar-refractivity contribution in [1.29, 1.82) is 0 Å². The fourth-order valence-electron chi connectivity index (χ4n) is 3.51. The van der Waals surface area contributed by atoms with Crippen molar-refractivity contribution in [3.05, 3.63) is 100 Å². The van der Waals surface area contributed by atoms with Gasteiger partial charge in [0.05, 0.1) is 19.9 Å². The Bertz CT molecular complexity index is 1390. The van der Waals surface area contributed by atoms with Crippen LogP contribution in [0.1, 0.15) is 26.4 Å². The van der Waals surface area contributed by atoms with Gasteiger partial charge in [-0.1, -0.05) is 41.9 Å². The number of carbonyl (C=O) groups is 2. The second-order valence-corrected chi connectivity index (χ2v) is 7.80. The van der Waals surface area contributed by atoms with Crippen LogP contribution < -0.4 is 4.74 Å². The van der Waals surface area contributed by atoms with Crippen LogP contribution in [0.25, 0.3) is 16.9 Å². The van der Waals surface area contributed by atoms with Crippen molar-refractivity contribution in [1.82, 2.24) is 9.78 Å². The number of para-hydroxylation sites is 1. The maximum Gasteiger partial charge on any atom is 0.357 e. The lowest BCUT2D eigenvalue weighted by Crippen LogP contribution is -2.15. The largest absolute Gasteiger partial charge is 0.486 e. The van der Waals surface area contributed by atoms with E-state index < -0.39 is 17.8 Å². The third-order valence-corrected chi connectivity index (χ3v) is 5.38. The minimum absolute atomic E-state index is 0.00373. The molecule has 4 rings (SSSR count). The van der Waals surface area contributed by atoms with Crippen molar-refractivity contribution in [3.8, 4) is 22.7 Å². The Balaban J connectivity index is 1.77. The lowest BCUT2D eigenvalue weighted by Gasteiger charge is -2.09. The first kappa shape index (κ1) is 24.0. The quantitative estimate of drug-likeness (QED) is 0.316. The first-order chi connectivity index (χ1) is 16.9. The van der Waals surface area contributed by atoms with E-state index in [1.165, 1.54) is 31.0 Å². The number of hydrogen-bond donors (Lipinski definition) is 0. The summed E-state index contributed by atoms with van der Waals surface area (Å²) < 4.78 is 31.7. The van der Waals surface area contributed by atoms with Gasteiger partial charge >= 0.3 is 11.9 Å². The lowest BCUT2D eigenvalue weighted by molar-refractivity contribution is 0.0549. The molecule has 0 N–H and O–H groups in total. The average molecular weight is 495 g/mol. The monoisotopic (exact) mass is 494 g/mol. The van der Waals surface area contributed by atoms with Crippen LogP contribution in [0.5, 0.6) is 5.75 Å². The number of hydrogen-bond acceptors (Lipinski definition) is 6. The summed E-state index contributed by atoms with van der Waals surface area (Å²) in [5.41, 5.74) is 1.31. The molecule has 0 saturated carbocycles. The van der Waals surface area contributed by atoms with Crippen LogP contribution in [0, 0.1) is 5.82 Å². The minimum atomic E-state index is -0.815. The van der Waals surface area contributed by atoms with Crippen LogP contribution in [0.2, 0.25) is 5.02 Å². The van der Waals surface area contributed by atoms with Crippen molar-refractivity contribution in [2.24, 2.45) is 0 Å². The number of nitrogens with zero attached hydrogens (tertiary/aromatic N) is 2. The number of carbonyl (C=O) groups excluding carboxylic acids is 2. The molecule has 7 nitrogen and oxygen atoms in total. The molecule has 4 aromatic rings. The molecule has 0 spiro atoms. The SMILES string of the molecule is COC(=O)c1c(-c2ccc(OCc3cccc(Cl)c3)c(F)c2)nn(-c2ccccc2)c1C(=O)OC. The Labute approximate surface area is 205 Å². The lowest BCUT2D eigenvalue weighted by atomic mass is 10.1. The summed E-state index contributed by atoms with van der Waals surface area (Å²) >= 11 is 5.98. The van der Waals surface area contributed by atoms with Gasteiger partial charge in [-0.3, -0.25) is 0 Å². The maximum atomic E-state index is 15.0. The molecule has 0 unspecified atom stereocenters. The number of aromatic nitrogens is 2. The first-order valence-corrected chi connectivity index (χ1v) is 10.8. The Kier molecular flexibility index (Phi) is 7.12. The molecule has 0 saturated heterocycles.